The molecule has 10 nitrogen and oxygen atoms in total. The van der Waals surface area contributed by atoms with E-state index in [1.54, 1.807) is 12.1 Å². The topological polar surface area (TPSA) is 136 Å². The number of H-pyrrole nitrogens is 1. The van der Waals surface area contributed by atoms with Gasteiger partial charge >= 0.3 is 5.97 Å². The second kappa shape index (κ2) is 9.14. The van der Waals surface area contributed by atoms with Gasteiger partial charge in [0.15, 0.2) is 0 Å². The molecule has 0 aliphatic rings. The Hall–Kier alpha value is -3.79. The van der Waals surface area contributed by atoms with Crippen molar-refractivity contribution in [1.29, 1.82) is 0 Å². The number of nitro benzene ring substituents is 1. The van der Waals surface area contributed by atoms with E-state index in [2.05, 4.69) is 15.3 Å². The molecule has 10 heteroatoms. The molecule has 0 bridgehead atoms. The van der Waals surface area contributed by atoms with Crippen molar-refractivity contribution < 1.29 is 19.2 Å². The number of rotatable bonds is 8. The molecule has 0 spiro atoms. The molecule has 30 heavy (non-hydrogen) atoms. The van der Waals surface area contributed by atoms with Crippen LogP contribution in [0.25, 0.3) is 10.9 Å². The fourth-order valence-corrected chi connectivity index (χ4v) is 2.89. The number of aryl methyl sites for hydroxylation is 1. The minimum Gasteiger partial charge on any atom is -0.454 e. The molecule has 2 aromatic carbocycles. The van der Waals surface area contributed by atoms with E-state index in [-0.39, 0.29) is 29.2 Å². The van der Waals surface area contributed by atoms with E-state index < -0.39 is 10.9 Å². The van der Waals surface area contributed by atoms with Crippen LogP contribution in [0.15, 0.2) is 41.2 Å². The Balaban J connectivity index is 1.84. The Labute approximate surface area is 171 Å². The molecule has 0 radical (unpaired) electrons. The van der Waals surface area contributed by atoms with Gasteiger partial charge in [-0.2, -0.15) is 0 Å². The Morgan fingerprint density at radius 3 is 2.83 bits per heavy atom. The van der Waals surface area contributed by atoms with Crippen LogP contribution in [0.2, 0.25) is 0 Å². The summed E-state index contributed by atoms with van der Waals surface area (Å²) in [6, 6.07) is 9.10. The molecule has 1 heterocycles. The minimum atomic E-state index is -0.786. The van der Waals surface area contributed by atoms with Crippen molar-refractivity contribution in [1.82, 2.24) is 9.97 Å². The van der Waals surface area contributed by atoms with E-state index in [0.717, 1.165) is 11.6 Å². The van der Waals surface area contributed by atoms with Crippen molar-refractivity contribution in [3.63, 3.8) is 0 Å². The first kappa shape index (κ1) is 20.9. The Morgan fingerprint density at radius 1 is 1.30 bits per heavy atom. The summed E-state index contributed by atoms with van der Waals surface area (Å²) in [5.41, 5.74) is 1.12. The molecule has 0 saturated heterocycles. The minimum absolute atomic E-state index is 0.000352. The number of para-hydroxylation sites is 1. The lowest BCUT2D eigenvalue weighted by Crippen LogP contribution is -2.16. The predicted octanol–water partition coefficient (Wildman–Crippen LogP) is 2.56. The van der Waals surface area contributed by atoms with Gasteiger partial charge in [0, 0.05) is 31.5 Å². The largest absolute Gasteiger partial charge is 0.454 e. The van der Waals surface area contributed by atoms with Crippen LogP contribution in [-0.2, 0) is 16.1 Å². The molecule has 1 aromatic heterocycles. The number of benzene rings is 2. The predicted molar refractivity (Wildman–Crippen MR) is 110 cm³/mol. The van der Waals surface area contributed by atoms with Crippen molar-refractivity contribution in [3.05, 3.63) is 73.8 Å². The molecule has 0 amide bonds. The number of hydrogen-bond donors (Lipinski definition) is 2. The molecule has 3 rings (SSSR count). The summed E-state index contributed by atoms with van der Waals surface area (Å²) in [6.45, 7) is 2.31. The number of nitrogens with one attached hydrogen (secondary N) is 2. The Morgan fingerprint density at radius 2 is 2.10 bits per heavy atom. The maximum Gasteiger partial charge on any atom is 0.340 e. The maximum absolute atomic E-state index is 12.6. The number of nitro groups is 1. The summed E-state index contributed by atoms with van der Waals surface area (Å²) < 4.78 is 10.2. The van der Waals surface area contributed by atoms with Gasteiger partial charge in [-0.3, -0.25) is 14.9 Å². The van der Waals surface area contributed by atoms with Gasteiger partial charge in [-0.15, -0.1) is 0 Å². The van der Waals surface area contributed by atoms with Crippen molar-refractivity contribution >= 4 is 28.2 Å². The zero-order valence-corrected chi connectivity index (χ0v) is 16.4. The second-order valence-electron chi connectivity index (χ2n) is 6.47. The van der Waals surface area contributed by atoms with Gasteiger partial charge in [-0.05, 0) is 24.6 Å². The number of aromatic amines is 1. The Kier molecular flexibility index (Phi) is 6.38. The SMILES string of the molecule is COCCNc1ccc([N+](=O)[O-])cc1C(=O)OCc1nc2c(C)cccc2c(=O)[nH]1. The first-order chi connectivity index (χ1) is 14.4. The van der Waals surface area contributed by atoms with Crippen LogP contribution in [0, 0.1) is 17.0 Å². The van der Waals surface area contributed by atoms with Gasteiger partial charge in [0.25, 0.3) is 11.2 Å². The Bertz CT molecular complexity index is 1160. The normalized spacial score (nSPS) is 10.7. The smallest absolute Gasteiger partial charge is 0.340 e. The van der Waals surface area contributed by atoms with Gasteiger partial charge in [0.1, 0.15) is 12.4 Å². The highest BCUT2D eigenvalue weighted by molar-refractivity contribution is 5.96. The summed E-state index contributed by atoms with van der Waals surface area (Å²) in [5, 5.41) is 14.5. The highest BCUT2D eigenvalue weighted by Gasteiger charge is 2.19. The van der Waals surface area contributed by atoms with E-state index in [9.17, 15) is 19.7 Å². The van der Waals surface area contributed by atoms with E-state index in [1.165, 1.54) is 19.2 Å². The molecule has 0 atom stereocenters. The van der Waals surface area contributed by atoms with Crippen molar-refractivity contribution in [2.24, 2.45) is 0 Å². The van der Waals surface area contributed by atoms with Crippen LogP contribution in [0.1, 0.15) is 21.7 Å². The van der Waals surface area contributed by atoms with E-state index in [1.807, 2.05) is 13.0 Å². The lowest BCUT2D eigenvalue weighted by molar-refractivity contribution is -0.384. The van der Waals surface area contributed by atoms with Crippen LogP contribution in [0.3, 0.4) is 0 Å². The second-order valence-corrected chi connectivity index (χ2v) is 6.47. The number of carbonyl (C=O) groups is 1. The fraction of sp³-hybridized carbons (Fsp3) is 0.250. The van der Waals surface area contributed by atoms with E-state index in [0.29, 0.717) is 29.7 Å². The molecular weight excluding hydrogens is 392 g/mol. The number of hydrogen-bond acceptors (Lipinski definition) is 8. The molecule has 156 valence electrons. The number of non-ortho nitro benzene ring substituents is 1. The lowest BCUT2D eigenvalue weighted by Gasteiger charge is -2.12. The number of anilines is 1. The number of carbonyl (C=O) groups excluding carboxylic acids is 1. The molecule has 0 fully saturated rings. The average molecular weight is 412 g/mol. The van der Waals surface area contributed by atoms with Gasteiger partial charge in [0.2, 0.25) is 0 Å². The van der Waals surface area contributed by atoms with E-state index >= 15 is 0 Å². The third-order valence-electron chi connectivity index (χ3n) is 4.38. The van der Waals surface area contributed by atoms with Crippen molar-refractivity contribution in [2.45, 2.75) is 13.5 Å². The van der Waals surface area contributed by atoms with Crippen LogP contribution < -0.4 is 10.9 Å². The number of methoxy groups -OCH3 is 1. The molecule has 0 saturated carbocycles. The zero-order valence-electron chi connectivity index (χ0n) is 16.4. The third-order valence-corrected chi connectivity index (χ3v) is 4.38. The van der Waals surface area contributed by atoms with Crippen molar-refractivity contribution in [3.8, 4) is 0 Å². The number of nitrogens with zero attached hydrogens (tertiary/aromatic N) is 2. The summed E-state index contributed by atoms with van der Waals surface area (Å²) >= 11 is 0. The summed E-state index contributed by atoms with van der Waals surface area (Å²) in [6.07, 6.45) is 0. The van der Waals surface area contributed by atoms with Gasteiger partial charge in [0.05, 0.1) is 28.0 Å². The number of ether oxygens (including phenoxy) is 2. The molecular formula is C20H20N4O6. The van der Waals surface area contributed by atoms with Gasteiger partial charge in [-0.1, -0.05) is 12.1 Å². The highest BCUT2D eigenvalue weighted by Crippen LogP contribution is 2.23. The van der Waals surface area contributed by atoms with Crippen molar-refractivity contribution in [2.75, 3.05) is 25.6 Å². The molecule has 0 aliphatic heterocycles. The van der Waals surface area contributed by atoms with Crippen LogP contribution in [0.5, 0.6) is 0 Å². The first-order valence-electron chi connectivity index (χ1n) is 9.07. The fourth-order valence-electron chi connectivity index (χ4n) is 2.89. The molecule has 0 aliphatic carbocycles. The summed E-state index contributed by atoms with van der Waals surface area (Å²) in [7, 11) is 1.53. The zero-order chi connectivity index (χ0) is 21.7. The van der Waals surface area contributed by atoms with Gasteiger partial charge in [-0.25, -0.2) is 9.78 Å². The number of aromatic nitrogens is 2. The maximum atomic E-state index is 12.6. The number of fused-ring (bicyclic) bond motifs is 1. The monoisotopic (exact) mass is 412 g/mol. The van der Waals surface area contributed by atoms with Crippen LogP contribution in [0.4, 0.5) is 11.4 Å². The summed E-state index contributed by atoms with van der Waals surface area (Å²) in [4.78, 5) is 42.3. The molecule has 3 aromatic rings. The first-order valence-corrected chi connectivity index (χ1v) is 9.07. The third kappa shape index (κ3) is 4.61. The average Bonchev–Trinajstić information content (AvgIpc) is 2.73. The van der Waals surface area contributed by atoms with Crippen LogP contribution in [-0.4, -0.2) is 41.1 Å². The van der Waals surface area contributed by atoms with E-state index in [4.69, 9.17) is 9.47 Å². The lowest BCUT2D eigenvalue weighted by atomic mass is 10.1. The van der Waals surface area contributed by atoms with Crippen LogP contribution >= 0.6 is 0 Å². The number of esters is 1. The highest BCUT2D eigenvalue weighted by atomic mass is 16.6. The van der Waals surface area contributed by atoms with Gasteiger partial charge < -0.3 is 19.8 Å². The summed E-state index contributed by atoms with van der Waals surface area (Å²) in [5.74, 6) is -0.611. The standard InChI is InChI=1S/C20H20N4O6/c1-12-4-3-5-14-18(12)22-17(23-19(14)25)11-30-20(26)15-10-13(24(27)28)6-7-16(15)21-8-9-29-2/h3-7,10,21H,8-9,11H2,1-2H3,(H,22,23,25). The molecule has 0 unspecified atom stereocenters. The molecule has 2 N–H and O–H groups in total. The quantitative estimate of drug-likeness (QED) is 0.249.